The lowest BCUT2D eigenvalue weighted by atomic mass is 10.1. The van der Waals surface area contributed by atoms with Crippen molar-refractivity contribution in [3.8, 4) is 0 Å². The van der Waals surface area contributed by atoms with Gasteiger partial charge in [0.05, 0.1) is 39.4 Å². The molecule has 0 saturated carbocycles. The number of benzene rings is 2. The third-order valence-corrected chi connectivity index (χ3v) is 6.29. The van der Waals surface area contributed by atoms with Gasteiger partial charge in [0, 0.05) is 18.1 Å². The maximum Gasteiger partial charge on any atom is 0.261 e. The first-order valence-corrected chi connectivity index (χ1v) is 10.5. The normalized spacial score (nSPS) is 14.9. The summed E-state index contributed by atoms with van der Waals surface area (Å²) in [5.74, 6) is -0.326. The minimum atomic E-state index is -3.98. The van der Waals surface area contributed by atoms with Crippen LogP contribution in [-0.4, -0.2) is 45.5 Å². The molecule has 1 aliphatic rings. The number of ether oxygens (including phenoxy) is 1. The van der Waals surface area contributed by atoms with E-state index in [9.17, 15) is 13.2 Å². The molecular formula is C17H15Cl3N2O4S. The third-order valence-electron chi connectivity index (χ3n) is 3.96. The van der Waals surface area contributed by atoms with Gasteiger partial charge in [-0.1, -0.05) is 34.8 Å². The van der Waals surface area contributed by atoms with Crippen molar-refractivity contribution in [2.24, 2.45) is 0 Å². The molecule has 0 aliphatic carbocycles. The lowest BCUT2D eigenvalue weighted by Crippen LogP contribution is -2.41. The van der Waals surface area contributed by atoms with Crippen LogP contribution in [0.3, 0.4) is 0 Å². The van der Waals surface area contributed by atoms with Gasteiger partial charge in [0.15, 0.2) is 0 Å². The molecule has 3 rings (SSSR count). The fourth-order valence-corrected chi connectivity index (χ4v) is 4.21. The number of carbonyl (C=O) groups excluding carboxylic acids is 1. The molecule has 10 heteroatoms. The Morgan fingerprint density at radius 3 is 2.37 bits per heavy atom. The summed E-state index contributed by atoms with van der Waals surface area (Å²) in [5, 5.41) is 0.676. The average Bonchev–Trinajstić information content (AvgIpc) is 2.65. The molecule has 6 nitrogen and oxygen atoms in total. The maximum atomic E-state index is 12.8. The standard InChI is InChI=1S/C17H15Cl3N2O4S/c18-11-1-4-16(13(9-11)17(23)22-5-7-26-8-6-22)21-27(24,25)12-2-3-14(19)15(20)10-12/h1-4,9-10,21H,5-8H2. The molecule has 1 amide bonds. The van der Waals surface area contributed by atoms with Crippen LogP contribution in [0.15, 0.2) is 41.3 Å². The number of amides is 1. The second-order valence-corrected chi connectivity index (χ2v) is 8.71. The van der Waals surface area contributed by atoms with Gasteiger partial charge in [0.2, 0.25) is 0 Å². The molecule has 0 bridgehead atoms. The lowest BCUT2D eigenvalue weighted by molar-refractivity contribution is 0.0303. The zero-order chi connectivity index (χ0) is 19.6. The Hall–Kier alpha value is -1.51. The number of nitrogens with one attached hydrogen (secondary N) is 1. The van der Waals surface area contributed by atoms with Crippen LogP contribution in [0.1, 0.15) is 10.4 Å². The van der Waals surface area contributed by atoms with Gasteiger partial charge in [-0.2, -0.15) is 0 Å². The van der Waals surface area contributed by atoms with E-state index in [2.05, 4.69) is 4.72 Å². The Labute approximate surface area is 172 Å². The fourth-order valence-electron chi connectivity index (χ4n) is 2.57. The number of sulfonamides is 1. The lowest BCUT2D eigenvalue weighted by Gasteiger charge is -2.27. The largest absolute Gasteiger partial charge is 0.378 e. The van der Waals surface area contributed by atoms with E-state index in [1.165, 1.54) is 36.4 Å². The number of halogens is 3. The minimum Gasteiger partial charge on any atom is -0.378 e. The van der Waals surface area contributed by atoms with Crippen LogP contribution in [0.5, 0.6) is 0 Å². The van der Waals surface area contributed by atoms with Gasteiger partial charge in [-0.3, -0.25) is 9.52 Å². The summed E-state index contributed by atoms with van der Waals surface area (Å²) in [6, 6.07) is 8.35. The van der Waals surface area contributed by atoms with Crippen molar-refractivity contribution in [2.45, 2.75) is 4.90 Å². The van der Waals surface area contributed by atoms with Crippen molar-refractivity contribution < 1.29 is 17.9 Å². The van der Waals surface area contributed by atoms with Crippen molar-refractivity contribution in [3.63, 3.8) is 0 Å². The molecular weight excluding hydrogens is 435 g/mol. The highest BCUT2D eigenvalue weighted by Gasteiger charge is 2.24. The molecule has 144 valence electrons. The molecule has 0 atom stereocenters. The van der Waals surface area contributed by atoms with Gasteiger partial charge in [0.1, 0.15) is 0 Å². The molecule has 1 fully saturated rings. The number of nitrogens with zero attached hydrogens (tertiary/aromatic N) is 1. The van der Waals surface area contributed by atoms with Crippen LogP contribution in [0.2, 0.25) is 15.1 Å². The zero-order valence-electron chi connectivity index (χ0n) is 13.9. The molecule has 1 saturated heterocycles. The van der Waals surface area contributed by atoms with Crippen LogP contribution >= 0.6 is 34.8 Å². The molecule has 2 aromatic rings. The van der Waals surface area contributed by atoms with E-state index in [0.29, 0.717) is 31.3 Å². The highest BCUT2D eigenvalue weighted by atomic mass is 35.5. The highest BCUT2D eigenvalue weighted by Crippen LogP contribution is 2.28. The number of hydrogen-bond acceptors (Lipinski definition) is 4. The SMILES string of the molecule is O=C(c1cc(Cl)ccc1NS(=O)(=O)c1ccc(Cl)c(Cl)c1)N1CCOCC1. The summed E-state index contributed by atoms with van der Waals surface area (Å²) in [4.78, 5) is 14.3. The van der Waals surface area contributed by atoms with Crippen LogP contribution in [-0.2, 0) is 14.8 Å². The minimum absolute atomic E-state index is 0.0726. The number of carbonyl (C=O) groups is 1. The van der Waals surface area contributed by atoms with E-state index in [-0.39, 0.29) is 32.1 Å². The molecule has 0 aromatic heterocycles. The van der Waals surface area contributed by atoms with E-state index in [0.717, 1.165) is 0 Å². The summed E-state index contributed by atoms with van der Waals surface area (Å²) < 4.78 is 33.1. The molecule has 1 aliphatic heterocycles. The van der Waals surface area contributed by atoms with Crippen molar-refractivity contribution in [3.05, 3.63) is 57.0 Å². The summed E-state index contributed by atoms with van der Waals surface area (Å²) in [6.07, 6.45) is 0. The van der Waals surface area contributed by atoms with E-state index < -0.39 is 10.0 Å². The average molecular weight is 450 g/mol. The van der Waals surface area contributed by atoms with Crippen LogP contribution < -0.4 is 4.72 Å². The Morgan fingerprint density at radius 1 is 1.00 bits per heavy atom. The first-order chi connectivity index (χ1) is 12.8. The predicted molar refractivity (Wildman–Crippen MR) is 105 cm³/mol. The zero-order valence-corrected chi connectivity index (χ0v) is 17.0. The van der Waals surface area contributed by atoms with Gasteiger partial charge in [-0.25, -0.2) is 8.42 Å². The molecule has 1 heterocycles. The monoisotopic (exact) mass is 448 g/mol. The third kappa shape index (κ3) is 4.67. The summed E-state index contributed by atoms with van der Waals surface area (Å²) in [5.41, 5.74) is 0.287. The van der Waals surface area contributed by atoms with E-state index in [1.807, 2.05) is 0 Å². The molecule has 0 unspecified atom stereocenters. The number of hydrogen-bond donors (Lipinski definition) is 1. The maximum absolute atomic E-state index is 12.8. The molecule has 0 radical (unpaired) electrons. The van der Waals surface area contributed by atoms with E-state index in [1.54, 1.807) is 4.90 Å². The van der Waals surface area contributed by atoms with Crippen molar-refractivity contribution in [1.29, 1.82) is 0 Å². The van der Waals surface area contributed by atoms with Gasteiger partial charge in [-0.15, -0.1) is 0 Å². The first kappa shape index (κ1) is 20.2. The summed E-state index contributed by atoms with van der Waals surface area (Å²) in [7, 11) is -3.98. The Kier molecular flexibility index (Phi) is 6.18. The molecule has 2 aromatic carbocycles. The van der Waals surface area contributed by atoms with Crippen molar-refractivity contribution in [2.75, 3.05) is 31.0 Å². The van der Waals surface area contributed by atoms with Gasteiger partial charge in [0.25, 0.3) is 15.9 Å². The number of rotatable bonds is 4. The van der Waals surface area contributed by atoms with E-state index in [4.69, 9.17) is 39.5 Å². The topological polar surface area (TPSA) is 75.7 Å². The van der Waals surface area contributed by atoms with Crippen molar-refractivity contribution >= 4 is 56.4 Å². The van der Waals surface area contributed by atoms with E-state index >= 15 is 0 Å². The fraction of sp³-hybridized carbons (Fsp3) is 0.235. The highest BCUT2D eigenvalue weighted by molar-refractivity contribution is 7.92. The number of anilines is 1. The Bertz CT molecular complexity index is 976. The van der Waals surface area contributed by atoms with Crippen LogP contribution in [0.4, 0.5) is 5.69 Å². The molecule has 1 N–H and O–H groups in total. The summed E-state index contributed by atoms with van der Waals surface area (Å²) in [6.45, 7) is 1.70. The quantitative estimate of drug-likeness (QED) is 0.767. The van der Waals surface area contributed by atoms with Crippen LogP contribution in [0.25, 0.3) is 0 Å². The first-order valence-electron chi connectivity index (χ1n) is 7.92. The second-order valence-electron chi connectivity index (χ2n) is 5.78. The summed E-state index contributed by atoms with van der Waals surface area (Å²) >= 11 is 17.8. The van der Waals surface area contributed by atoms with Gasteiger partial charge in [-0.05, 0) is 36.4 Å². The molecule has 27 heavy (non-hydrogen) atoms. The Morgan fingerprint density at radius 2 is 1.70 bits per heavy atom. The number of morpholine rings is 1. The van der Waals surface area contributed by atoms with Gasteiger partial charge >= 0.3 is 0 Å². The Balaban J connectivity index is 1.94. The molecule has 0 spiro atoms. The van der Waals surface area contributed by atoms with Gasteiger partial charge < -0.3 is 9.64 Å². The second kappa shape index (κ2) is 8.24. The predicted octanol–water partition coefficient (Wildman–Crippen LogP) is 3.92. The van der Waals surface area contributed by atoms with Crippen LogP contribution in [0, 0.1) is 0 Å². The smallest absolute Gasteiger partial charge is 0.261 e. The van der Waals surface area contributed by atoms with Crippen molar-refractivity contribution in [1.82, 2.24) is 4.90 Å².